The van der Waals surface area contributed by atoms with Gasteiger partial charge in [-0.15, -0.1) is 11.3 Å². The van der Waals surface area contributed by atoms with E-state index >= 15 is 0 Å². The SMILES string of the molecule is CN(C)c1ccc([C@H]2C3=C(C[C@H](c4cccs4)CC3=O)Nc3[nH]n(-c4ccccc4)c(=O)c32)cc1. The fourth-order valence-corrected chi connectivity index (χ4v) is 6.11. The number of nitrogens with zero attached hydrogens (tertiary/aromatic N) is 2. The van der Waals surface area contributed by atoms with Gasteiger partial charge in [-0.1, -0.05) is 36.4 Å². The van der Waals surface area contributed by atoms with Gasteiger partial charge in [-0.05, 0) is 47.7 Å². The van der Waals surface area contributed by atoms with Crippen molar-refractivity contribution in [2.75, 3.05) is 24.3 Å². The van der Waals surface area contributed by atoms with Gasteiger partial charge in [-0.25, -0.2) is 4.68 Å². The molecule has 3 heterocycles. The third-order valence-electron chi connectivity index (χ3n) is 6.99. The number of para-hydroxylation sites is 1. The number of nitrogens with one attached hydrogen (secondary N) is 2. The largest absolute Gasteiger partial charge is 0.378 e. The lowest BCUT2D eigenvalue weighted by Gasteiger charge is -2.34. The molecule has 0 saturated carbocycles. The highest BCUT2D eigenvalue weighted by atomic mass is 32.1. The lowest BCUT2D eigenvalue weighted by molar-refractivity contribution is -0.116. The Balaban J connectivity index is 1.51. The molecule has 2 N–H and O–H groups in total. The lowest BCUT2D eigenvalue weighted by atomic mass is 9.74. The molecule has 2 aromatic carbocycles. The molecule has 0 amide bonds. The summed E-state index contributed by atoms with van der Waals surface area (Å²) < 4.78 is 1.57. The molecule has 176 valence electrons. The van der Waals surface area contributed by atoms with Gasteiger partial charge in [-0.3, -0.25) is 14.7 Å². The van der Waals surface area contributed by atoms with Crippen LogP contribution in [0.4, 0.5) is 11.5 Å². The summed E-state index contributed by atoms with van der Waals surface area (Å²) in [7, 11) is 4.00. The van der Waals surface area contributed by atoms with Crippen LogP contribution >= 0.6 is 11.3 Å². The van der Waals surface area contributed by atoms with E-state index in [-0.39, 0.29) is 17.3 Å². The zero-order valence-corrected chi connectivity index (χ0v) is 20.4. The first kappa shape index (κ1) is 21.7. The van der Waals surface area contributed by atoms with Gasteiger partial charge >= 0.3 is 0 Å². The second-order valence-corrected chi connectivity index (χ2v) is 10.3. The monoisotopic (exact) mass is 482 g/mol. The Morgan fingerprint density at radius 1 is 0.943 bits per heavy atom. The number of aromatic nitrogens is 2. The molecule has 0 bridgehead atoms. The Bertz CT molecular complexity index is 1480. The highest BCUT2D eigenvalue weighted by Gasteiger charge is 2.41. The average molecular weight is 483 g/mol. The Morgan fingerprint density at radius 2 is 1.71 bits per heavy atom. The van der Waals surface area contributed by atoms with E-state index in [0.717, 1.165) is 34.6 Å². The normalized spacial score (nSPS) is 19.2. The smallest absolute Gasteiger partial charge is 0.277 e. The first-order valence-corrected chi connectivity index (χ1v) is 12.6. The summed E-state index contributed by atoms with van der Waals surface area (Å²) in [5.41, 5.74) is 4.87. The maximum Gasteiger partial charge on any atom is 0.277 e. The van der Waals surface area contributed by atoms with Crippen LogP contribution in [-0.4, -0.2) is 29.7 Å². The van der Waals surface area contributed by atoms with Gasteiger partial charge in [0.2, 0.25) is 0 Å². The third kappa shape index (κ3) is 3.63. The number of aromatic amines is 1. The molecule has 2 aromatic heterocycles. The van der Waals surface area contributed by atoms with Crippen LogP contribution in [0.5, 0.6) is 0 Å². The zero-order chi connectivity index (χ0) is 24.1. The number of thiophene rings is 1. The van der Waals surface area contributed by atoms with E-state index in [2.05, 4.69) is 21.9 Å². The van der Waals surface area contributed by atoms with Crippen molar-refractivity contribution in [3.8, 4) is 5.69 Å². The molecule has 0 saturated heterocycles. The third-order valence-corrected chi connectivity index (χ3v) is 8.03. The van der Waals surface area contributed by atoms with Gasteiger partial charge in [0.1, 0.15) is 5.82 Å². The number of H-pyrrole nitrogens is 1. The summed E-state index contributed by atoms with van der Waals surface area (Å²) in [6.07, 6.45) is 1.20. The first-order chi connectivity index (χ1) is 17.0. The summed E-state index contributed by atoms with van der Waals surface area (Å²) >= 11 is 1.69. The van der Waals surface area contributed by atoms with Crippen LogP contribution in [-0.2, 0) is 4.79 Å². The van der Waals surface area contributed by atoms with Crippen molar-refractivity contribution < 1.29 is 4.79 Å². The van der Waals surface area contributed by atoms with Crippen molar-refractivity contribution >= 4 is 28.6 Å². The molecule has 7 heteroatoms. The van der Waals surface area contributed by atoms with Crippen molar-refractivity contribution in [2.45, 2.75) is 24.7 Å². The van der Waals surface area contributed by atoms with E-state index in [0.29, 0.717) is 17.8 Å². The number of hydrogen-bond donors (Lipinski definition) is 2. The van der Waals surface area contributed by atoms with Crippen LogP contribution < -0.4 is 15.8 Å². The lowest BCUT2D eigenvalue weighted by Crippen LogP contribution is -2.31. The van der Waals surface area contributed by atoms with E-state index in [1.165, 1.54) is 4.88 Å². The van der Waals surface area contributed by atoms with Gasteiger partial charge in [0.25, 0.3) is 5.56 Å². The maximum atomic E-state index is 13.8. The fourth-order valence-electron chi connectivity index (χ4n) is 5.27. The Labute approximate surface area is 207 Å². The Kier molecular flexibility index (Phi) is 5.22. The molecule has 6 rings (SSSR count). The van der Waals surface area contributed by atoms with Crippen molar-refractivity contribution in [2.24, 2.45) is 0 Å². The predicted molar refractivity (Wildman–Crippen MR) is 141 cm³/mol. The van der Waals surface area contributed by atoms with Crippen molar-refractivity contribution in [1.29, 1.82) is 0 Å². The van der Waals surface area contributed by atoms with Crippen LogP contribution in [0.1, 0.15) is 40.7 Å². The molecule has 1 aliphatic heterocycles. The maximum absolute atomic E-state index is 13.8. The number of benzene rings is 2. The molecular weight excluding hydrogens is 456 g/mol. The summed E-state index contributed by atoms with van der Waals surface area (Å²) in [6.45, 7) is 0. The second kappa shape index (κ2) is 8.43. The standard InChI is InChI=1S/C28H26N4O2S/c1-31(2)19-12-10-17(11-13-19)24-25-21(15-18(16-22(25)33)23-9-6-14-35-23)29-27-26(24)28(34)32(30-27)20-7-4-3-5-8-20/h3-14,18,24,29-30H,15-16H2,1-2H3/t18-,24-/m0/s1. The molecule has 35 heavy (non-hydrogen) atoms. The topological polar surface area (TPSA) is 70.1 Å². The second-order valence-electron chi connectivity index (χ2n) is 9.36. The number of carbonyl (C=O) groups is 1. The van der Waals surface area contributed by atoms with Gasteiger partial charge in [-0.2, -0.15) is 0 Å². The molecular formula is C28H26N4O2S. The molecule has 6 nitrogen and oxygen atoms in total. The van der Waals surface area contributed by atoms with Gasteiger partial charge in [0, 0.05) is 54.2 Å². The summed E-state index contributed by atoms with van der Waals surface area (Å²) in [5, 5.41) is 8.81. The number of allylic oxidation sites excluding steroid dienone is 2. The molecule has 0 radical (unpaired) electrons. The van der Waals surface area contributed by atoms with Gasteiger partial charge in [0.15, 0.2) is 5.78 Å². The number of anilines is 2. The van der Waals surface area contributed by atoms with Crippen LogP contribution in [0.15, 0.2) is 88.2 Å². The van der Waals surface area contributed by atoms with Gasteiger partial charge < -0.3 is 10.2 Å². The van der Waals surface area contributed by atoms with E-state index < -0.39 is 5.92 Å². The van der Waals surface area contributed by atoms with Crippen molar-refractivity contribution in [3.05, 3.63) is 110 Å². The molecule has 0 fully saturated rings. The number of rotatable bonds is 4. The Hall–Kier alpha value is -3.84. The predicted octanol–water partition coefficient (Wildman–Crippen LogP) is 5.25. The fraction of sp³-hybridized carbons (Fsp3) is 0.214. The number of carbonyl (C=O) groups excluding carboxylic acids is 1. The molecule has 4 aromatic rings. The highest BCUT2D eigenvalue weighted by molar-refractivity contribution is 7.10. The van der Waals surface area contributed by atoms with E-state index in [9.17, 15) is 9.59 Å². The Morgan fingerprint density at radius 3 is 2.40 bits per heavy atom. The van der Waals surface area contributed by atoms with Gasteiger partial charge in [0.05, 0.1) is 11.3 Å². The van der Waals surface area contributed by atoms with Crippen molar-refractivity contribution in [3.63, 3.8) is 0 Å². The minimum atomic E-state index is -0.414. The molecule has 0 spiro atoms. The van der Waals surface area contributed by atoms with Crippen molar-refractivity contribution in [1.82, 2.24) is 9.78 Å². The van der Waals surface area contributed by atoms with Crippen LogP contribution in [0, 0.1) is 0 Å². The van der Waals surface area contributed by atoms with E-state index in [4.69, 9.17) is 0 Å². The number of ketones is 1. The molecule has 2 atom stereocenters. The average Bonchev–Trinajstić information content (AvgIpc) is 3.52. The molecule has 0 unspecified atom stereocenters. The van der Waals surface area contributed by atoms with Crippen LogP contribution in [0.25, 0.3) is 5.69 Å². The minimum absolute atomic E-state index is 0.108. The molecule has 2 aliphatic rings. The van der Waals surface area contributed by atoms with E-state index in [1.807, 2.05) is 79.7 Å². The minimum Gasteiger partial charge on any atom is -0.378 e. The number of Topliss-reactive ketones (excluding diaryl/α,β-unsaturated/α-hetero) is 1. The first-order valence-electron chi connectivity index (χ1n) is 11.8. The summed E-state index contributed by atoms with van der Waals surface area (Å²) in [4.78, 5) is 30.7. The highest BCUT2D eigenvalue weighted by Crippen LogP contribution is 2.47. The number of fused-ring (bicyclic) bond motifs is 1. The van der Waals surface area contributed by atoms with Crippen LogP contribution in [0.2, 0.25) is 0 Å². The molecule has 1 aliphatic carbocycles. The number of hydrogen-bond acceptors (Lipinski definition) is 5. The van der Waals surface area contributed by atoms with E-state index in [1.54, 1.807) is 16.0 Å². The quantitative estimate of drug-likeness (QED) is 0.417. The zero-order valence-electron chi connectivity index (χ0n) is 19.6. The summed E-state index contributed by atoms with van der Waals surface area (Å²) in [5.74, 6) is 0.508. The summed E-state index contributed by atoms with van der Waals surface area (Å²) in [6, 6.07) is 21.8. The van der Waals surface area contributed by atoms with Crippen LogP contribution in [0.3, 0.4) is 0 Å².